The number of amides is 1. The third-order valence-electron chi connectivity index (χ3n) is 4.78. The van der Waals surface area contributed by atoms with Crippen molar-refractivity contribution in [1.82, 2.24) is 14.8 Å². The fourth-order valence-corrected chi connectivity index (χ4v) is 3.53. The summed E-state index contributed by atoms with van der Waals surface area (Å²) < 4.78 is 18.7. The first-order valence-corrected chi connectivity index (χ1v) is 9.01. The van der Waals surface area contributed by atoms with Gasteiger partial charge in [-0.2, -0.15) is 5.10 Å². The Kier molecular flexibility index (Phi) is 3.89. The van der Waals surface area contributed by atoms with Crippen LogP contribution in [0.25, 0.3) is 0 Å². The lowest BCUT2D eigenvalue weighted by Crippen LogP contribution is -2.15. The largest absolute Gasteiger partial charge is 0.482 e. The fraction of sp³-hybridized carbons (Fsp3) is 0.250. The van der Waals surface area contributed by atoms with Gasteiger partial charge in [-0.1, -0.05) is 24.3 Å². The summed E-state index contributed by atoms with van der Waals surface area (Å²) >= 11 is 0. The summed E-state index contributed by atoms with van der Waals surface area (Å²) in [5.41, 5.74) is 7.44. The summed E-state index contributed by atoms with van der Waals surface area (Å²) in [5.74, 6) is 2.88. The number of fused-ring (bicyclic) bond motifs is 2. The second-order valence-electron chi connectivity index (χ2n) is 6.79. The number of primary amides is 1. The van der Waals surface area contributed by atoms with Crippen LogP contribution in [0.4, 0.5) is 0 Å². The van der Waals surface area contributed by atoms with Gasteiger partial charge in [0.2, 0.25) is 12.7 Å². The molecule has 3 aromatic rings. The van der Waals surface area contributed by atoms with Crippen molar-refractivity contribution in [2.45, 2.75) is 25.5 Å². The Hall–Kier alpha value is -3.55. The first-order chi connectivity index (χ1) is 13.7. The molecule has 5 rings (SSSR count). The first kappa shape index (κ1) is 16.6. The minimum absolute atomic E-state index is 0.0131. The van der Waals surface area contributed by atoms with Gasteiger partial charge in [0.25, 0.3) is 0 Å². The van der Waals surface area contributed by atoms with Gasteiger partial charge in [-0.3, -0.25) is 4.79 Å². The molecule has 3 heterocycles. The number of aromatic nitrogens is 3. The Morgan fingerprint density at radius 2 is 2.00 bits per heavy atom. The summed E-state index contributed by atoms with van der Waals surface area (Å²) in [4.78, 5) is 15.9. The number of benzene rings is 2. The fourth-order valence-electron chi connectivity index (χ4n) is 3.53. The molecule has 1 atom stereocenters. The second-order valence-corrected chi connectivity index (χ2v) is 6.79. The molecular weight excluding hydrogens is 360 g/mol. The van der Waals surface area contributed by atoms with Crippen LogP contribution in [0.2, 0.25) is 0 Å². The van der Waals surface area contributed by atoms with E-state index in [4.69, 9.17) is 19.9 Å². The van der Waals surface area contributed by atoms with E-state index in [2.05, 4.69) is 10.1 Å². The van der Waals surface area contributed by atoms with Crippen molar-refractivity contribution in [2.24, 2.45) is 5.73 Å². The summed E-state index contributed by atoms with van der Waals surface area (Å²) in [6.07, 6.45) is 0.424. The van der Waals surface area contributed by atoms with Crippen molar-refractivity contribution in [2.75, 3.05) is 6.79 Å². The molecule has 1 aromatic heterocycles. The summed E-state index contributed by atoms with van der Waals surface area (Å²) in [6, 6.07) is 13.7. The molecule has 142 valence electrons. The molecule has 0 fully saturated rings. The van der Waals surface area contributed by atoms with E-state index < -0.39 is 5.91 Å². The summed E-state index contributed by atoms with van der Waals surface area (Å²) in [6.45, 7) is 0.693. The normalized spacial score (nSPS) is 16.6. The summed E-state index contributed by atoms with van der Waals surface area (Å²) in [5, 5.41) is 4.50. The van der Waals surface area contributed by atoms with Crippen LogP contribution in [0.3, 0.4) is 0 Å². The number of nitrogens with zero attached hydrogens (tertiary/aromatic N) is 3. The lowest BCUT2D eigenvalue weighted by Gasteiger charge is -2.12. The van der Waals surface area contributed by atoms with E-state index >= 15 is 0 Å². The van der Waals surface area contributed by atoms with E-state index in [0.29, 0.717) is 30.4 Å². The predicted molar refractivity (Wildman–Crippen MR) is 98.1 cm³/mol. The number of rotatable bonds is 5. The minimum Gasteiger partial charge on any atom is -0.482 e. The number of carbonyl (C=O) groups is 1. The average Bonchev–Trinajstić information content (AvgIpc) is 3.38. The molecule has 0 radical (unpaired) electrons. The number of ether oxygens (including phenoxy) is 3. The molecule has 0 aliphatic carbocycles. The Labute approximate surface area is 160 Å². The van der Waals surface area contributed by atoms with Crippen LogP contribution in [-0.4, -0.2) is 27.5 Å². The molecular formula is C20H18N4O4. The SMILES string of the molecule is NC(=O)Cc1nc([C@H]2Cc3ccccc3O2)n(Cc2ccc3c(c2)OCO3)n1. The van der Waals surface area contributed by atoms with E-state index in [1.807, 2.05) is 42.5 Å². The van der Waals surface area contributed by atoms with Gasteiger partial charge in [-0.15, -0.1) is 0 Å². The monoisotopic (exact) mass is 378 g/mol. The highest BCUT2D eigenvalue weighted by molar-refractivity contribution is 5.75. The highest BCUT2D eigenvalue weighted by Crippen LogP contribution is 2.36. The molecule has 2 aliphatic rings. The first-order valence-electron chi connectivity index (χ1n) is 9.01. The van der Waals surface area contributed by atoms with Gasteiger partial charge in [-0.25, -0.2) is 9.67 Å². The molecule has 8 heteroatoms. The predicted octanol–water partition coefficient (Wildman–Crippen LogP) is 1.76. The standard InChI is InChI=1S/C20H18N4O4/c21-18(25)9-19-22-20(17-8-13-3-1-2-4-14(13)28-17)24(23-19)10-12-5-6-15-16(7-12)27-11-26-15/h1-7,17H,8-11H2,(H2,21,25)/t17-/m1/s1. The zero-order valence-corrected chi connectivity index (χ0v) is 15.0. The quantitative estimate of drug-likeness (QED) is 0.726. The number of para-hydroxylation sites is 1. The Morgan fingerprint density at radius 1 is 1.14 bits per heavy atom. The molecule has 0 bridgehead atoms. The molecule has 0 saturated heterocycles. The van der Waals surface area contributed by atoms with E-state index in [0.717, 1.165) is 22.6 Å². The average molecular weight is 378 g/mol. The molecule has 2 N–H and O–H groups in total. The number of nitrogens with two attached hydrogens (primary N) is 1. The molecule has 0 saturated carbocycles. The molecule has 8 nitrogen and oxygen atoms in total. The number of carbonyl (C=O) groups excluding carboxylic acids is 1. The maximum Gasteiger partial charge on any atom is 0.231 e. The van der Waals surface area contributed by atoms with E-state index in [9.17, 15) is 4.79 Å². The van der Waals surface area contributed by atoms with Crippen LogP contribution in [0.1, 0.15) is 28.9 Å². The number of hydrogen-bond donors (Lipinski definition) is 1. The third kappa shape index (κ3) is 3.02. The van der Waals surface area contributed by atoms with Crippen LogP contribution in [0.15, 0.2) is 42.5 Å². The topological polar surface area (TPSA) is 101 Å². The number of hydrogen-bond acceptors (Lipinski definition) is 6. The molecule has 0 unspecified atom stereocenters. The highest BCUT2D eigenvalue weighted by Gasteiger charge is 2.29. The van der Waals surface area contributed by atoms with Crippen molar-refractivity contribution in [3.05, 3.63) is 65.2 Å². The van der Waals surface area contributed by atoms with E-state index in [1.165, 1.54) is 0 Å². The van der Waals surface area contributed by atoms with Crippen LogP contribution < -0.4 is 19.9 Å². The van der Waals surface area contributed by atoms with Gasteiger partial charge in [0.05, 0.1) is 13.0 Å². The highest BCUT2D eigenvalue weighted by atomic mass is 16.7. The molecule has 28 heavy (non-hydrogen) atoms. The van der Waals surface area contributed by atoms with Gasteiger partial charge < -0.3 is 19.9 Å². The Bertz CT molecular complexity index is 1040. The Balaban J connectivity index is 1.46. The molecule has 1 amide bonds. The molecule has 2 aliphatic heterocycles. The second kappa shape index (κ2) is 6.56. The van der Waals surface area contributed by atoms with Crippen molar-refractivity contribution < 1.29 is 19.0 Å². The zero-order valence-electron chi connectivity index (χ0n) is 15.0. The van der Waals surface area contributed by atoms with Crippen molar-refractivity contribution in [3.8, 4) is 17.2 Å². The smallest absolute Gasteiger partial charge is 0.231 e. The van der Waals surface area contributed by atoms with Crippen LogP contribution in [0.5, 0.6) is 17.2 Å². The Morgan fingerprint density at radius 3 is 2.86 bits per heavy atom. The van der Waals surface area contributed by atoms with Gasteiger partial charge in [0, 0.05) is 6.42 Å². The summed E-state index contributed by atoms with van der Waals surface area (Å²) in [7, 11) is 0. The van der Waals surface area contributed by atoms with Crippen molar-refractivity contribution in [3.63, 3.8) is 0 Å². The van der Waals surface area contributed by atoms with Gasteiger partial charge in [0.1, 0.15) is 5.75 Å². The van der Waals surface area contributed by atoms with Gasteiger partial charge >= 0.3 is 0 Å². The zero-order chi connectivity index (χ0) is 19.1. The van der Waals surface area contributed by atoms with Crippen molar-refractivity contribution in [1.29, 1.82) is 0 Å². The van der Waals surface area contributed by atoms with Gasteiger partial charge in [0.15, 0.2) is 29.3 Å². The van der Waals surface area contributed by atoms with E-state index in [1.54, 1.807) is 4.68 Å². The molecule has 0 spiro atoms. The van der Waals surface area contributed by atoms with Crippen LogP contribution >= 0.6 is 0 Å². The lowest BCUT2D eigenvalue weighted by atomic mass is 10.1. The van der Waals surface area contributed by atoms with Gasteiger partial charge in [-0.05, 0) is 29.3 Å². The minimum atomic E-state index is -0.470. The van der Waals surface area contributed by atoms with Crippen LogP contribution in [0, 0.1) is 0 Å². The lowest BCUT2D eigenvalue weighted by molar-refractivity contribution is -0.117. The van der Waals surface area contributed by atoms with E-state index in [-0.39, 0.29) is 19.3 Å². The third-order valence-corrected chi connectivity index (χ3v) is 4.78. The maximum absolute atomic E-state index is 11.3. The maximum atomic E-state index is 11.3. The molecule has 2 aromatic carbocycles. The van der Waals surface area contributed by atoms with Crippen LogP contribution in [-0.2, 0) is 24.2 Å². The van der Waals surface area contributed by atoms with Crippen molar-refractivity contribution >= 4 is 5.91 Å².